The number of ether oxygens (including phenoxy) is 3. The number of halogens is 1. The van der Waals surface area contributed by atoms with E-state index >= 15 is 0 Å². The van der Waals surface area contributed by atoms with E-state index in [-0.39, 0.29) is 24.4 Å². The smallest absolute Gasteiger partial charge is 0.255 e. The fraction of sp³-hybridized carbons (Fsp3) is 0.350. The van der Waals surface area contributed by atoms with E-state index < -0.39 is 0 Å². The van der Waals surface area contributed by atoms with E-state index in [1.165, 1.54) is 0 Å². The van der Waals surface area contributed by atoms with Gasteiger partial charge in [-0.05, 0) is 61.4 Å². The van der Waals surface area contributed by atoms with Gasteiger partial charge in [-0.15, -0.1) is 12.4 Å². The number of amides is 1. The summed E-state index contributed by atoms with van der Waals surface area (Å²) >= 11 is 0. The van der Waals surface area contributed by atoms with Crippen LogP contribution >= 0.6 is 12.4 Å². The minimum atomic E-state index is -0.175. The molecule has 0 radical (unpaired) electrons. The number of nitrogens with two attached hydrogens (primary N) is 1. The average Bonchev–Trinajstić information content (AvgIpc) is 3.20. The number of hydrogen-bond acceptors (Lipinski definition) is 5. The molecule has 7 heteroatoms. The molecular weight excluding hydrogens is 368 g/mol. The van der Waals surface area contributed by atoms with E-state index in [0.717, 1.165) is 30.9 Å². The number of rotatable bonds is 8. The molecule has 1 aliphatic rings. The molecule has 2 aromatic rings. The van der Waals surface area contributed by atoms with Crippen molar-refractivity contribution < 1.29 is 19.0 Å². The highest BCUT2D eigenvalue weighted by molar-refractivity contribution is 6.04. The van der Waals surface area contributed by atoms with Crippen molar-refractivity contribution in [1.82, 2.24) is 0 Å². The lowest BCUT2D eigenvalue weighted by atomic mass is 10.2. The van der Waals surface area contributed by atoms with Gasteiger partial charge in [-0.2, -0.15) is 0 Å². The van der Waals surface area contributed by atoms with E-state index in [0.29, 0.717) is 31.0 Å². The van der Waals surface area contributed by atoms with E-state index in [4.69, 9.17) is 19.9 Å². The maximum absolute atomic E-state index is 12.3. The second-order valence-corrected chi connectivity index (χ2v) is 6.09. The number of benzene rings is 2. The highest BCUT2D eigenvalue weighted by Crippen LogP contribution is 2.19. The second kappa shape index (κ2) is 10.8. The van der Waals surface area contributed by atoms with Crippen molar-refractivity contribution in [2.24, 2.45) is 5.73 Å². The standard InChI is InChI=1S/C20H24N2O4.ClH/c21-11-13-25-17-9-5-16(6-10-17)22-20(23)15-3-7-18(8-4-15)26-14-19-2-1-12-24-19;/h3-10,19H,1-2,11-14,21H2,(H,22,23);1H. The summed E-state index contributed by atoms with van der Waals surface area (Å²) in [5, 5.41) is 2.86. The Kier molecular flexibility index (Phi) is 8.39. The monoisotopic (exact) mass is 392 g/mol. The normalized spacial score (nSPS) is 15.7. The van der Waals surface area contributed by atoms with Gasteiger partial charge in [-0.3, -0.25) is 4.79 Å². The number of carbonyl (C=O) groups is 1. The molecule has 0 spiro atoms. The number of hydrogen-bond donors (Lipinski definition) is 2. The first-order chi connectivity index (χ1) is 12.7. The van der Waals surface area contributed by atoms with Crippen LogP contribution in [0.4, 0.5) is 5.69 Å². The van der Waals surface area contributed by atoms with E-state index in [2.05, 4.69) is 5.32 Å². The van der Waals surface area contributed by atoms with E-state index in [1.807, 2.05) is 0 Å². The van der Waals surface area contributed by atoms with E-state index in [9.17, 15) is 4.79 Å². The molecule has 0 saturated carbocycles. The minimum Gasteiger partial charge on any atom is -0.492 e. The van der Waals surface area contributed by atoms with Gasteiger partial charge in [0.2, 0.25) is 0 Å². The molecule has 1 fully saturated rings. The van der Waals surface area contributed by atoms with Gasteiger partial charge in [0.05, 0.1) is 6.10 Å². The van der Waals surface area contributed by atoms with Crippen LogP contribution in [-0.4, -0.2) is 38.4 Å². The molecule has 2 aromatic carbocycles. The molecule has 1 heterocycles. The summed E-state index contributed by atoms with van der Waals surface area (Å²) in [6, 6.07) is 14.3. The molecule has 3 N–H and O–H groups in total. The lowest BCUT2D eigenvalue weighted by molar-refractivity contribution is 0.0679. The van der Waals surface area contributed by atoms with Crippen LogP contribution in [0.1, 0.15) is 23.2 Å². The fourth-order valence-corrected chi connectivity index (χ4v) is 2.68. The van der Waals surface area contributed by atoms with Crippen molar-refractivity contribution in [2.45, 2.75) is 18.9 Å². The molecule has 1 amide bonds. The number of anilines is 1. The predicted octanol–water partition coefficient (Wildman–Crippen LogP) is 3.26. The largest absolute Gasteiger partial charge is 0.492 e. The van der Waals surface area contributed by atoms with Gasteiger partial charge in [0, 0.05) is 24.4 Å². The highest BCUT2D eigenvalue weighted by atomic mass is 35.5. The van der Waals surface area contributed by atoms with Crippen molar-refractivity contribution in [3.8, 4) is 11.5 Å². The molecule has 1 saturated heterocycles. The van der Waals surface area contributed by atoms with Crippen LogP contribution in [0.5, 0.6) is 11.5 Å². The second-order valence-electron chi connectivity index (χ2n) is 6.09. The fourth-order valence-electron chi connectivity index (χ4n) is 2.68. The Morgan fingerprint density at radius 1 is 1.07 bits per heavy atom. The molecule has 27 heavy (non-hydrogen) atoms. The van der Waals surface area contributed by atoms with Gasteiger partial charge in [-0.1, -0.05) is 0 Å². The molecule has 3 rings (SSSR count). The third-order valence-electron chi connectivity index (χ3n) is 4.08. The van der Waals surface area contributed by atoms with Gasteiger partial charge >= 0.3 is 0 Å². The van der Waals surface area contributed by atoms with Gasteiger partial charge in [0.15, 0.2) is 0 Å². The van der Waals surface area contributed by atoms with Gasteiger partial charge in [0.1, 0.15) is 24.7 Å². The topological polar surface area (TPSA) is 82.8 Å². The molecule has 6 nitrogen and oxygen atoms in total. The molecule has 0 aliphatic carbocycles. The Labute approximate surface area is 165 Å². The Balaban J connectivity index is 0.00000261. The van der Waals surface area contributed by atoms with Gasteiger partial charge in [-0.25, -0.2) is 0 Å². The molecule has 0 aromatic heterocycles. The quantitative estimate of drug-likeness (QED) is 0.720. The first kappa shape index (κ1) is 21.0. The summed E-state index contributed by atoms with van der Waals surface area (Å²) in [5.41, 5.74) is 6.67. The van der Waals surface area contributed by atoms with Gasteiger partial charge in [0.25, 0.3) is 5.91 Å². The summed E-state index contributed by atoms with van der Waals surface area (Å²) in [5.74, 6) is 1.28. The molecule has 1 aliphatic heterocycles. The Bertz CT molecular complexity index is 701. The maximum Gasteiger partial charge on any atom is 0.255 e. The zero-order chi connectivity index (χ0) is 18.2. The summed E-state index contributed by atoms with van der Waals surface area (Å²) in [4.78, 5) is 12.3. The zero-order valence-electron chi connectivity index (χ0n) is 15.1. The molecule has 0 bridgehead atoms. The van der Waals surface area contributed by atoms with Crippen LogP contribution < -0.4 is 20.5 Å². The number of nitrogens with one attached hydrogen (secondary N) is 1. The first-order valence-electron chi connectivity index (χ1n) is 8.83. The average molecular weight is 393 g/mol. The lowest BCUT2D eigenvalue weighted by Gasteiger charge is -2.12. The lowest BCUT2D eigenvalue weighted by Crippen LogP contribution is -2.16. The summed E-state index contributed by atoms with van der Waals surface area (Å²) in [6.45, 7) is 2.29. The Morgan fingerprint density at radius 2 is 1.74 bits per heavy atom. The third kappa shape index (κ3) is 6.43. The van der Waals surface area contributed by atoms with Crippen LogP contribution in [0.2, 0.25) is 0 Å². The Morgan fingerprint density at radius 3 is 2.37 bits per heavy atom. The Hall–Kier alpha value is -2.28. The number of carbonyl (C=O) groups excluding carboxylic acids is 1. The SMILES string of the molecule is Cl.NCCOc1ccc(NC(=O)c2ccc(OCC3CCCO3)cc2)cc1. The molecule has 146 valence electrons. The molecule has 1 atom stereocenters. The van der Waals surface area contributed by atoms with Crippen molar-refractivity contribution in [3.05, 3.63) is 54.1 Å². The highest BCUT2D eigenvalue weighted by Gasteiger charge is 2.16. The van der Waals surface area contributed by atoms with Crippen LogP contribution in [0.25, 0.3) is 0 Å². The summed E-state index contributed by atoms with van der Waals surface area (Å²) in [7, 11) is 0. The van der Waals surface area contributed by atoms with Crippen LogP contribution in [0.15, 0.2) is 48.5 Å². The van der Waals surface area contributed by atoms with Crippen LogP contribution in [0.3, 0.4) is 0 Å². The van der Waals surface area contributed by atoms with Gasteiger partial charge < -0.3 is 25.3 Å². The van der Waals surface area contributed by atoms with Crippen molar-refractivity contribution in [2.75, 3.05) is 31.7 Å². The van der Waals surface area contributed by atoms with E-state index in [1.54, 1.807) is 48.5 Å². The van der Waals surface area contributed by atoms with Crippen molar-refractivity contribution in [3.63, 3.8) is 0 Å². The zero-order valence-corrected chi connectivity index (χ0v) is 15.9. The summed E-state index contributed by atoms with van der Waals surface area (Å²) < 4.78 is 16.6. The molecular formula is C20H25ClN2O4. The maximum atomic E-state index is 12.3. The third-order valence-corrected chi connectivity index (χ3v) is 4.08. The van der Waals surface area contributed by atoms with Crippen molar-refractivity contribution in [1.29, 1.82) is 0 Å². The first-order valence-corrected chi connectivity index (χ1v) is 8.83. The van der Waals surface area contributed by atoms with Crippen LogP contribution in [0, 0.1) is 0 Å². The van der Waals surface area contributed by atoms with Crippen molar-refractivity contribution >= 4 is 24.0 Å². The predicted molar refractivity (Wildman–Crippen MR) is 107 cm³/mol. The minimum absolute atomic E-state index is 0. The molecule has 1 unspecified atom stereocenters. The summed E-state index contributed by atoms with van der Waals surface area (Å²) in [6.07, 6.45) is 2.30. The van der Waals surface area contributed by atoms with Crippen LogP contribution in [-0.2, 0) is 4.74 Å².